The molecule has 0 radical (unpaired) electrons. The predicted octanol–water partition coefficient (Wildman–Crippen LogP) is 2.76. The highest BCUT2D eigenvalue weighted by Crippen LogP contribution is 2.31. The van der Waals surface area contributed by atoms with Crippen molar-refractivity contribution in [1.82, 2.24) is 4.57 Å². The van der Waals surface area contributed by atoms with Gasteiger partial charge < -0.3 is 19.9 Å². The lowest BCUT2D eigenvalue weighted by molar-refractivity contribution is -0.118. The van der Waals surface area contributed by atoms with Crippen molar-refractivity contribution < 1.29 is 14.3 Å². The van der Waals surface area contributed by atoms with Crippen LogP contribution < -0.4 is 15.4 Å². The van der Waals surface area contributed by atoms with Crippen molar-refractivity contribution in [1.29, 1.82) is 0 Å². The first-order chi connectivity index (χ1) is 11.6. The number of nitrogens with zero attached hydrogens (tertiary/aromatic N) is 1. The molecule has 2 heterocycles. The van der Waals surface area contributed by atoms with Gasteiger partial charge in [-0.25, -0.2) is 0 Å². The Morgan fingerprint density at radius 3 is 2.88 bits per heavy atom. The van der Waals surface area contributed by atoms with E-state index in [0.29, 0.717) is 22.8 Å². The lowest BCUT2D eigenvalue weighted by Crippen LogP contribution is -2.25. The summed E-state index contributed by atoms with van der Waals surface area (Å²) in [6, 6.07) is 14.8. The summed E-state index contributed by atoms with van der Waals surface area (Å²) in [4.78, 5) is 23.9. The van der Waals surface area contributed by atoms with Crippen molar-refractivity contribution in [2.75, 3.05) is 17.2 Å². The first-order valence-corrected chi connectivity index (χ1v) is 7.54. The predicted molar refractivity (Wildman–Crippen MR) is 91.4 cm³/mol. The van der Waals surface area contributed by atoms with Gasteiger partial charge in [0.1, 0.15) is 11.4 Å². The summed E-state index contributed by atoms with van der Waals surface area (Å²) in [6.07, 6.45) is 0. The molecular weight excluding hydrogens is 306 g/mol. The zero-order chi connectivity index (χ0) is 16.7. The van der Waals surface area contributed by atoms with Gasteiger partial charge in [0.15, 0.2) is 6.61 Å². The van der Waals surface area contributed by atoms with E-state index in [1.165, 1.54) is 0 Å². The van der Waals surface area contributed by atoms with E-state index in [0.717, 1.165) is 10.9 Å². The fourth-order valence-electron chi connectivity index (χ4n) is 2.85. The molecule has 0 unspecified atom stereocenters. The average molecular weight is 321 g/mol. The number of amides is 2. The average Bonchev–Trinajstić information content (AvgIpc) is 2.92. The molecule has 1 aliphatic heterocycles. The van der Waals surface area contributed by atoms with Crippen molar-refractivity contribution in [2.45, 2.75) is 0 Å². The van der Waals surface area contributed by atoms with E-state index < -0.39 is 0 Å². The maximum absolute atomic E-state index is 12.6. The number of carbonyl (C=O) groups excluding carboxylic acids is 2. The Morgan fingerprint density at radius 2 is 2.04 bits per heavy atom. The van der Waals surface area contributed by atoms with Gasteiger partial charge in [0, 0.05) is 29.7 Å². The van der Waals surface area contributed by atoms with Gasteiger partial charge in [-0.3, -0.25) is 9.59 Å². The van der Waals surface area contributed by atoms with E-state index in [1.54, 1.807) is 18.2 Å². The molecule has 0 bridgehead atoms. The molecule has 2 N–H and O–H groups in total. The van der Waals surface area contributed by atoms with Gasteiger partial charge in [-0.1, -0.05) is 18.2 Å². The second-order valence-electron chi connectivity index (χ2n) is 5.65. The van der Waals surface area contributed by atoms with Crippen LogP contribution in [-0.2, 0) is 11.8 Å². The number of ether oxygens (including phenoxy) is 1. The van der Waals surface area contributed by atoms with Crippen LogP contribution in [0, 0.1) is 0 Å². The number of rotatable bonds is 2. The van der Waals surface area contributed by atoms with Crippen LogP contribution in [0.2, 0.25) is 0 Å². The Kier molecular flexibility index (Phi) is 3.23. The van der Waals surface area contributed by atoms with Crippen molar-refractivity contribution >= 4 is 34.1 Å². The lowest BCUT2D eigenvalue weighted by Gasteiger charge is -2.18. The normalized spacial score (nSPS) is 13.1. The summed E-state index contributed by atoms with van der Waals surface area (Å²) in [5.41, 5.74) is 2.79. The number of aryl methyl sites for hydroxylation is 1. The molecule has 0 atom stereocenters. The zero-order valence-electron chi connectivity index (χ0n) is 13.0. The number of anilines is 2. The molecule has 2 amide bonds. The number of para-hydroxylation sites is 1. The fourth-order valence-corrected chi connectivity index (χ4v) is 2.85. The highest BCUT2D eigenvalue weighted by Gasteiger charge is 2.18. The van der Waals surface area contributed by atoms with Gasteiger partial charge >= 0.3 is 0 Å². The Bertz CT molecular complexity index is 975. The number of carbonyl (C=O) groups is 2. The molecule has 24 heavy (non-hydrogen) atoms. The van der Waals surface area contributed by atoms with Crippen LogP contribution in [-0.4, -0.2) is 23.0 Å². The summed E-state index contributed by atoms with van der Waals surface area (Å²) >= 11 is 0. The highest BCUT2D eigenvalue weighted by atomic mass is 16.5. The topological polar surface area (TPSA) is 72.4 Å². The molecule has 4 rings (SSSR count). The van der Waals surface area contributed by atoms with E-state index in [9.17, 15) is 9.59 Å². The van der Waals surface area contributed by atoms with E-state index in [2.05, 4.69) is 10.6 Å². The Morgan fingerprint density at radius 1 is 1.21 bits per heavy atom. The Hall–Kier alpha value is -3.28. The third-order valence-corrected chi connectivity index (χ3v) is 4.06. The van der Waals surface area contributed by atoms with Crippen LogP contribution in [0.1, 0.15) is 10.5 Å². The molecule has 6 heteroatoms. The molecule has 2 aromatic carbocycles. The smallest absolute Gasteiger partial charge is 0.272 e. The minimum atomic E-state index is -0.200. The van der Waals surface area contributed by atoms with Gasteiger partial charge in [0.2, 0.25) is 0 Å². The first kappa shape index (κ1) is 14.3. The zero-order valence-corrected chi connectivity index (χ0v) is 13.0. The maximum Gasteiger partial charge on any atom is 0.272 e. The molecule has 6 nitrogen and oxygen atoms in total. The van der Waals surface area contributed by atoms with Crippen LogP contribution in [0.15, 0.2) is 48.5 Å². The number of hydrogen-bond acceptors (Lipinski definition) is 3. The monoisotopic (exact) mass is 321 g/mol. The van der Waals surface area contributed by atoms with E-state index in [1.807, 2.05) is 41.9 Å². The number of hydrogen-bond donors (Lipinski definition) is 2. The van der Waals surface area contributed by atoms with Crippen molar-refractivity contribution in [3.05, 3.63) is 54.2 Å². The summed E-state index contributed by atoms with van der Waals surface area (Å²) in [5.74, 6) is 0.160. The quantitative estimate of drug-likeness (QED) is 0.762. The van der Waals surface area contributed by atoms with E-state index >= 15 is 0 Å². The van der Waals surface area contributed by atoms with Crippen LogP contribution >= 0.6 is 0 Å². The first-order valence-electron chi connectivity index (χ1n) is 7.54. The molecular formula is C18H15N3O3. The van der Waals surface area contributed by atoms with Gasteiger partial charge in [0.25, 0.3) is 11.8 Å². The third kappa shape index (κ3) is 2.38. The van der Waals surface area contributed by atoms with Crippen LogP contribution in [0.3, 0.4) is 0 Å². The van der Waals surface area contributed by atoms with Gasteiger partial charge in [-0.05, 0) is 24.3 Å². The summed E-state index contributed by atoms with van der Waals surface area (Å²) < 4.78 is 7.23. The second-order valence-corrected chi connectivity index (χ2v) is 5.65. The van der Waals surface area contributed by atoms with Crippen LogP contribution in [0.4, 0.5) is 11.4 Å². The number of nitrogens with one attached hydrogen (secondary N) is 2. The standard InChI is InChI=1S/C18H15N3O3/c1-21-14-5-3-2-4-11(14)8-15(21)18(23)19-12-6-7-13-16(9-12)24-10-17(22)20-13/h2-9H,10H2,1H3,(H,19,23)(H,20,22). The molecule has 0 saturated carbocycles. The summed E-state index contributed by atoms with van der Waals surface area (Å²) in [7, 11) is 1.86. The SMILES string of the molecule is Cn1c(C(=O)Nc2ccc3c(c2)OCC(=O)N3)cc2ccccc21. The van der Waals surface area contributed by atoms with Crippen molar-refractivity contribution in [3.63, 3.8) is 0 Å². The largest absolute Gasteiger partial charge is 0.482 e. The van der Waals surface area contributed by atoms with Gasteiger partial charge in [0.05, 0.1) is 5.69 Å². The molecule has 0 aliphatic carbocycles. The maximum atomic E-state index is 12.6. The third-order valence-electron chi connectivity index (χ3n) is 4.06. The molecule has 1 aromatic heterocycles. The van der Waals surface area contributed by atoms with Gasteiger partial charge in [-0.2, -0.15) is 0 Å². The second kappa shape index (κ2) is 5.42. The van der Waals surface area contributed by atoms with E-state index in [4.69, 9.17) is 4.74 Å². The molecule has 0 fully saturated rings. The summed E-state index contributed by atoms with van der Waals surface area (Å²) in [5, 5.41) is 6.60. The number of fused-ring (bicyclic) bond motifs is 2. The lowest BCUT2D eigenvalue weighted by atomic mass is 10.2. The highest BCUT2D eigenvalue weighted by molar-refractivity contribution is 6.06. The minimum absolute atomic E-state index is 0.0202. The molecule has 1 aliphatic rings. The Labute approximate surface area is 138 Å². The van der Waals surface area contributed by atoms with E-state index in [-0.39, 0.29) is 18.4 Å². The van der Waals surface area contributed by atoms with Crippen LogP contribution in [0.5, 0.6) is 5.75 Å². The number of aromatic nitrogens is 1. The molecule has 0 spiro atoms. The van der Waals surface area contributed by atoms with Crippen LogP contribution in [0.25, 0.3) is 10.9 Å². The fraction of sp³-hybridized carbons (Fsp3) is 0.111. The Balaban J connectivity index is 1.62. The number of benzene rings is 2. The molecule has 0 saturated heterocycles. The summed E-state index contributed by atoms with van der Waals surface area (Å²) in [6.45, 7) is -0.0202. The van der Waals surface area contributed by atoms with Gasteiger partial charge in [-0.15, -0.1) is 0 Å². The van der Waals surface area contributed by atoms with Crippen molar-refractivity contribution in [3.8, 4) is 5.75 Å². The molecule has 3 aromatic rings. The minimum Gasteiger partial charge on any atom is -0.482 e. The van der Waals surface area contributed by atoms with Crippen molar-refractivity contribution in [2.24, 2.45) is 7.05 Å². The molecule has 120 valence electrons.